The number of benzene rings is 4. The topological polar surface area (TPSA) is 103 Å². The number of carboxylic acids is 1. The summed E-state index contributed by atoms with van der Waals surface area (Å²) in [6.45, 7) is 0. The molecule has 7 nitrogen and oxygen atoms in total. The van der Waals surface area contributed by atoms with Crippen molar-refractivity contribution in [3.05, 3.63) is 129 Å². The van der Waals surface area contributed by atoms with Crippen LogP contribution >= 0.6 is 23.2 Å². The average Bonchev–Trinajstić information content (AvgIpc) is 3.45. The van der Waals surface area contributed by atoms with Gasteiger partial charge < -0.3 is 10.1 Å². The number of carbonyl (C=O) groups excluding carboxylic acids is 1. The van der Waals surface area contributed by atoms with Crippen LogP contribution in [0.1, 0.15) is 36.4 Å². The summed E-state index contributed by atoms with van der Waals surface area (Å²) >= 11 is 12.4. The summed E-state index contributed by atoms with van der Waals surface area (Å²) in [4.78, 5) is 41.3. The number of halogens is 2. The molecule has 214 valence electrons. The number of rotatable bonds is 7. The highest BCUT2D eigenvalue weighted by molar-refractivity contribution is 6.31. The Labute approximate surface area is 257 Å². The van der Waals surface area contributed by atoms with Crippen molar-refractivity contribution in [3.63, 3.8) is 0 Å². The van der Waals surface area contributed by atoms with E-state index in [2.05, 4.69) is 4.98 Å². The fraction of sp³-hybridized carbons (Fsp3) is 0.118. The Hall–Kier alpha value is -4.72. The summed E-state index contributed by atoms with van der Waals surface area (Å²) in [6.07, 6.45) is -0.290. The van der Waals surface area contributed by atoms with Gasteiger partial charge >= 0.3 is 5.97 Å². The van der Waals surface area contributed by atoms with Gasteiger partial charge in [0.15, 0.2) is 0 Å². The zero-order chi connectivity index (χ0) is 30.1. The predicted molar refractivity (Wildman–Crippen MR) is 170 cm³/mol. The third-order valence-corrected chi connectivity index (χ3v) is 8.01. The van der Waals surface area contributed by atoms with Gasteiger partial charge in [0.25, 0.3) is 5.56 Å². The van der Waals surface area contributed by atoms with E-state index in [1.54, 1.807) is 18.2 Å². The molecule has 2 N–H and O–H groups in total. The Balaban J connectivity index is 1.46. The summed E-state index contributed by atoms with van der Waals surface area (Å²) in [7, 11) is 0. The Morgan fingerprint density at radius 3 is 2.14 bits per heavy atom. The molecule has 1 atom stereocenters. The predicted octanol–water partition coefficient (Wildman–Crippen LogP) is 7.71. The molecule has 0 spiro atoms. The maximum Gasteiger partial charge on any atom is 0.303 e. The highest BCUT2D eigenvalue weighted by Gasteiger charge is 2.35. The zero-order valence-electron chi connectivity index (χ0n) is 22.8. The number of pyridine rings is 1. The quantitative estimate of drug-likeness (QED) is 0.197. The third kappa shape index (κ3) is 5.82. The number of nitrogens with zero attached hydrogens (tertiary/aromatic N) is 2. The lowest BCUT2D eigenvalue weighted by molar-refractivity contribution is -0.141. The minimum Gasteiger partial charge on any atom is -0.481 e. The van der Waals surface area contributed by atoms with Crippen LogP contribution in [0.15, 0.2) is 107 Å². The maximum atomic E-state index is 13.7. The van der Waals surface area contributed by atoms with Gasteiger partial charge in [-0.1, -0.05) is 89.9 Å². The Morgan fingerprint density at radius 2 is 1.47 bits per heavy atom. The fourth-order valence-electron chi connectivity index (χ4n) is 5.46. The van der Waals surface area contributed by atoms with Gasteiger partial charge in [0.05, 0.1) is 23.7 Å². The van der Waals surface area contributed by atoms with Crippen LogP contribution in [0.2, 0.25) is 10.0 Å². The van der Waals surface area contributed by atoms with Gasteiger partial charge in [0.1, 0.15) is 0 Å². The Morgan fingerprint density at radius 1 is 0.814 bits per heavy atom. The molecule has 0 fully saturated rings. The normalized spacial score (nSPS) is 14.6. The van der Waals surface area contributed by atoms with E-state index in [1.165, 1.54) is 5.01 Å². The van der Waals surface area contributed by atoms with Crippen molar-refractivity contribution in [1.29, 1.82) is 0 Å². The molecular weight excluding hydrogens is 585 g/mol. The molecule has 0 radical (unpaired) electrons. The number of nitrogens with one attached hydrogen (secondary N) is 1. The van der Waals surface area contributed by atoms with E-state index in [4.69, 9.17) is 28.3 Å². The molecule has 1 amide bonds. The minimum atomic E-state index is -1.07. The molecule has 6 rings (SSSR count). The number of carbonyl (C=O) groups is 2. The van der Waals surface area contributed by atoms with E-state index >= 15 is 0 Å². The number of hydrazone groups is 1. The van der Waals surface area contributed by atoms with E-state index in [9.17, 15) is 19.5 Å². The largest absolute Gasteiger partial charge is 0.481 e. The van der Waals surface area contributed by atoms with E-state index < -0.39 is 17.9 Å². The first-order valence-electron chi connectivity index (χ1n) is 13.7. The first-order chi connectivity index (χ1) is 20.8. The fourth-order valence-corrected chi connectivity index (χ4v) is 5.76. The number of H-pyrrole nitrogens is 1. The van der Waals surface area contributed by atoms with Crippen molar-refractivity contribution < 1.29 is 14.7 Å². The summed E-state index contributed by atoms with van der Waals surface area (Å²) in [5, 5.41) is 17.2. The summed E-state index contributed by atoms with van der Waals surface area (Å²) in [5.74, 6) is -1.51. The molecule has 0 aliphatic carbocycles. The van der Waals surface area contributed by atoms with Gasteiger partial charge in [-0.3, -0.25) is 14.4 Å². The van der Waals surface area contributed by atoms with Crippen LogP contribution in [-0.4, -0.2) is 32.7 Å². The standard InChI is InChI=1S/C34H25Cl2N3O4/c35-24-12-10-21(11-13-24)20-6-8-22(9-7-20)29-19-28(38-39(29)30(40)16-17-31(41)42)33-32(23-4-2-1-3-5-23)26-18-25(36)14-15-27(26)37-34(33)43/h1-15,18,29H,16-17,19H2,(H,37,43)(H,41,42). The number of fused-ring (bicyclic) bond motifs is 1. The second-order valence-corrected chi connectivity index (χ2v) is 11.2. The van der Waals surface area contributed by atoms with Crippen LogP contribution in [0.3, 0.4) is 0 Å². The molecule has 4 aromatic carbocycles. The van der Waals surface area contributed by atoms with Crippen LogP contribution < -0.4 is 5.56 Å². The molecule has 1 aromatic heterocycles. The number of hydrogen-bond acceptors (Lipinski definition) is 4. The van der Waals surface area contributed by atoms with Gasteiger partial charge in [0.2, 0.25) is 5.91 Å². The molecule has 1 aliphatic heterocycles. The molecule has 5 aromatic rings. The smallest absolute Gasteiger partial charge is 0.303 e. The number of aromatic amines is 1. The van der Waals surface area contributed by atoms with Gasteiger partial charge in [-0.15, -0.1) is 0 Å². The van der Waals surface area contributed by atoms with Crippen molar-refractivity contribution in [3.8, 4) is 22.3 Å². The number of carboxylic acid groups (broad SMARTS) is 1. The summed E-state index contributed by atoms with van der Waals surface area (Å²) in [6, 6.07) is 29.5. The second kappa shape index (κ2) is 11.9. The minimum absolute atomic E-state index is 0.222. The van der Waals surface area contributed by atoms with E-state index in [0.29, 0.717) is 32.4 Å². The van der Waals surface area contributed by atoms with Crippen molar-refractivity contribution in [1.82, 2.24) is 9.99 Å². The van der Waals surface area contributed by atoms with E-state index in [0.717, 1.165) is 27.6 Å². The van der Waals surface area contributed by atoms with Crippen molar-refractivity contribution in [2.45, 2.75) is 25.3 Å². The van der Waals surface area contributed by atoms with Crippen molar-refractivity contribution >= 4 is 51.7 Å². The van der Waals surface area contributed by atoms with Gasteiger partial charge in [-0.2, -0.15) is 5.10 Å². The second-order valence-electron chi connectivity index (χ2n) is 10.3. The first kappa shape index (κ1) is 28.4. The van der Waals surface area contributed by atoms with Gasteiger partial charge in [0, 0.05) is 39.4 Å². The summed E-state index contributed by atoms with van der Waals surface area (Å²) in [5.41, 5.74) is 5.29. The lowest BCUT2D eigenvalue weighted by atomic mass is 9.90. The monoisotopic (exact) mass is 609 g/mol. The van der Waals surface area contributed by atoms with Crippen LogP contribution in [-0.2, 0) is 9.59 Å². The zero-order valence-corrected chi connectivity index (χ0v) is 24.3. The Kier molecular flexibility index (Phi) is 7.84. The highest BCUT2D eigenvalue weighted by atomic mass is 35.5. The van der Waals surface area contributed by atoms with Crippen molar-refractivity contribution in [2.24, 2.45) is 5.10 Å². The van der Waals surface area contributed by atoms with Crippen molar-refractivity contribution in [2.75, 3.05) is 0 Å². The van der Waals surface area contributed by atoms with Crippen LogP contribution in [0.5, 0.6) is 0 Å². The molecule has 0 bridgehead atoms. The molecule has 1 aliphatic rings. The molecule has 2 heterocycles. The van der Waals surface area contributed by atoms with Gasteiger partial charge in [-0.25, -0.2) is 5.01 Å². The van der Waals surface area contributed by atoms with Crippen LogP contribution in [0.25, 0.3) is 33.2 Å². The molecule has 0 saturated heterocycles. The maximum absolute atomic E-state index is 13.7. The lowest BCUT2D eigenvalue weighted by Gasteiger charge is -2.22. The van der Waals surface area contributed by atoms with Crippen LogP contribution in [0, 0.1) is 0 Å². The lowest BCUT2D eigenvalue weighted by Crippen LogP contribution is -2.27. The SMILES string of the molecule is O=C(O)CCC(=O)N1N=C(c2c(-c3ccccc3)c3cc(Cl)ccc3[nH]c2=O)CC1c1ccc(-c2ccc(Cl)cc2)cc1. The Bertz CT molecular complexity index is 1940. The average molecular weight is 610 g/mol. The summed E-state index contributed by atoms with van der Waals surface area (Å²) < 4.78 is 0. The molecule has 1 unspecified atom stereocenters. The third-order valence-electron chi connectivity index (χ3n) is 7.52. The van der Waals surface area contributed by atoms with Gasteiger partial charge in [-0.05, 0) is 52.6 Å². The molecular formula is C34H25Cl2N3O4. The molecule has 0 saturated carbocycles. The first-order valence-corrected chi connectivity index (χ1v) is 14.4. The number of hydrogen-bond donors (Lipinski definition) is 2. The molecule has 9 heteroatoms. The van der Waals surface area contributed by atoms with E-state index in [-0.39, 0.29) is 24.8 Å². The number of aromatic nitrogens is 1. The number of aliphatic carboxylic acids is 1. The van der Waals surface area contributed by atoms with Crippen LogP contribution in [0.4, 0.5) is 0 Å². The molecule has 43 heavy (non-hydrogen) atoms. The van der Waals surface area contributed by atoms with E-state index in [1.807, 2.05) is 78.9 Å². The highest BCUT2D eigenvalue weighted by Crippen LogP contribution is 2.38. The number of amides is 1.